The van der Waals surface area contributed by atoms with E-state index < -0.39 is 0 Å². The summed E-state index contributed by atoms with van der Waals surface area (Å²) in [5.41, 5.74) is 1.00. The molecule has 1 atom stereocenters. The predicted octanol–water partition coefficient (Wildman–Crippen LogP) is 3.03. The van der Waals surface area contributed by atoms with E-state index in [1.807, 2.05) is 60.4 Å². The summed E-state index contributed by atoms with van der Waals surface area (Å²) in [6, 6.07) is 13.7. The number of benzene rings is 1. The van der Waals surface area contributed by atoms with Gasteiger partial charge < -0.3 is 19.4 Å². The minimum atomic E-state index is -0.0733. The van der Waals surface area contributed by atoms with Crippen LogP contribution in [0.15, 0.2) is 53.0 Å². The molecule has 2 aromatic rings. The van der Waals surface area contributed by atoms with Crippen molar-refractivity contribution in [2.24, 2.45) is 5.92 Å². The lowest BCUT2D eigenvalue weighted by molar-refractivity contribution is -0.132. The highest BCUT2D eigenvalue weighted by molar-refractivity contribution is 5.92. The normalized spacial score (nSPS) is 19.0. The maximum Gasteiger partial charge on any atom is 0.246 e. The number of nitrogens with zero attached hydrogens (tertiary/aromatic N) is 2. The van der Waals surface area contributed by atoms with Gasteiger partial charge in [-0.2, -0.15) is 0 Å². The summed E-state index contributed by atoms with van der Waals surface area (Å²) in [5, 5.41) is 3.15. The van der Waals surface area contributed by atoms with Gasteiger partial charge in [0.15, 0.2) is 0 Å². The third kappa shape index (κ3) is 6.33. The van der Waals surface area contributed by atoms with E-state index >= 15 is 0 Å². The van der Waals surface area contributed by atoms with E-state index in [9.17, 15) is 9.59 Å². The van der Waals surface area contributed by atoms with Crippen molar-refractivity contribution in [1.82, 2.24) is 15.1 Å². The zero-order valence-electron chi connectivity index (χ0n) is 19.2. The highest BCUT2D eigenvalue weighted by Gasteiger charge is 2.29. The summed E-state index contributed by atoms with van der Waals surface area (Å²) in [5.74, 6) is 1.73. The van der Waals surface area contributed by atoms with Crippen LogP contribution in [-0.2, 0) is 14.3 Å². The molecule has 2 aliphatic heterocycles. The molecule has 0 aliphatic carbocycles. The van der Waals surface area contributed by atoms with Gasteiger partial charge in [-0.05, 0) is 43.5 Å². The average molecular weight is 452 g/mol. The molecule has 7 nitrogen and oxygen atoms in total. The number of carbonyl (C=O) groups is 2. The summed E-state index contributed by atoms with van der Waals surface area (Å²) >= 11 is 0. The van der Waals surface area contributed by atoms with Crippen LogP contribution in [0.1, 0.15) is 36.0 Å². The van der Waals surface area contributed by atoms with Crippen LogP contribution in [0.2, 0.25) is 0 Å². The number of piperidine rings is 1. The Morgan fingerprint density at radius 2 is 1.79 bits per heavy atom. The molecule has 0 radical (unpaired) electrons. The second-order valence-corrected chi connectivity index (χ2v) is 8.70. The number of carbonyl (C=O) groups excluding carboxylic acids is 2. The second-order valence-electron chi connectivity index (χ2n) is 8.70. The molecule has 3 heterocycles. The Morgan fingerprint density at radius 3 is 2.45 bits per heavy atom. The highest BCUT2D eigenvalue weighted by Crippen LogP contribution is 2.24. The van der Waals surface area contributed by atoms with Gasteiger partial charge in [0.2, 0.25) is 11.8 Å². The monoisotopic (exact) mass is 451 g/mol. The van der Waals surface area contributed by atoms with Crippen molar-refractivity contribution in [3.05, 3.63) is 65.6 Å². The molecule has 2 saturated heterocycles. The molecule has 7 heteroatoms. The molecular weight excluding hydrogens is 418 g/mol. The van der Waals surface area contributed by atoms with Crippen LogP contribution in [0.4, 0.5) is 0 Å². The lowest BCUT2D eigenvalue weighted by atomic mass is 9.95. The third-order valence-electron chi connectivity index (χ3n) is 6.44. The van der Waals surface area contributed by atoms with E-state index in [2.05, 4.69) is 10.2 Å². The fraction of sp³-hybridized carbons (Fsp3) is 0.462. The van der Waals surface area contributed by atoms with Crippen LogP contribution < -0.4 is 5.32 Å². The number of aryl methyl sites for hydroxylation is 1. The Hall–Kier alpha value is -2.90. The Morgan fingerprint density at radius 1 is 1.06 bits per heavy atom. The van der Waals surface area contributed by atoms with E-state index in [0.29, 0.717) is 45.7 Å². The molecule has 1 aromatic heterocycles. The van der Waals surface area contributed by atoms with Gasteiger partial charge in [-0.25, -0.2) is 0 Å². The SMILES string of the molecule is Cc1ccc(C(CNC(=O)C2CCN(C(=O)/C=C/c3ccccc3)CC2)N2CCOCC2)o1. The standard InChI is InChI=1S/C26H33N3O4/c1-20-7-9-24(33-20)23(28-15-17-32-18-16-28)19-27-26(31)22-11-13-29(14-12-22)25(30)10-8-21-5-3-2-4-6-21/h2-10,22-23H,11-19H2,1H3,(H,27,31)/b10-8+. The first-order valence-electron chi connectivity index (χ1n) is 11.8. The quantitative estimate of drug-likeness (QED) is 0.655. The van der Waals surface area contributed by atoms with E-state index in [-0.39, 0.29) is 23.8 Å². The van der Waals surface area contributed by atoms with Gasteiger partial charge >= 0.3 is 0 Å². The van der Waals surface area contributed by atoms with Gasteiger partial charge in [0.05, 0.1) is 19.3 Å². The summed E-state index contributed by atoms with van der Waals surface area (Å²) in [6.07, 6.45) is 4.81. The Bertz CT molecular complexity index is 941. The van der Waals surface area contributed by atoms with Gasteiger partial charge in [0.1, 0.15) is 11.5 Å². The molecule has 0 spiro atoms. The van der Waals surface area contributed by atoms with Crippen molar-refractivity contribution in [2.45, 2.75) is 25.8 Å². The summed E-state index contributed by atoms with van der Waals surface area (Å²) in [6.45, 7) is 6.65. The minimum Gasteiger partial charge on any atom is -0.465 e. The zero-order valence-corrected chi connectivity index (χ0v) is 19.2. The fourth-order valence-electron chi connectivity index (χ4n) is 4.47. The molecule has 0 bridgehead atoms. The van der Waals surface area contributed by atoms with Crippen LogP contribution >= 0.6 is 0 Å². The average Bonchev–Trinajstić information content (AvgIpc) is 3.29. The molecule has 1 unspecified atom stereocenters. The van der Waals surface area contributed by atoms with E-state index in [4.69, 9.17) is 9.15 Å². The number of morpholine rings is 1. The molecule has 4 rings (SSSR count). The van der Waals surface area contributed by atoms with Gasteiger partial charge in [-0.3, -0.25) is 14.5 Å². The van der Waals surface area contributed by atoms with Crippen molar-refractivity contribution < 1.29 is 18.7 Å². The first kappa shape index (κ1) is 23.3. The molecule has 0 saturated carbocycles. The maximum absolute atomic E-state index is 12.9. The molecule has 176 valence electrons. The van der Waals surface area contributed by atoms with Gasteiger partial charge in [-0.15, -0.1) is 0 Å². The summed E-state index contributed by atoms with van der Waals surface area (Å²) < 4.78 is 11.4. The number of hydrogen-bond acceptors (Lipinski definition) is 5. The number of ether oxygens (including phenoxy) is 1. The number of likely N-dealkylation sites (tertiary alicyclic amines) is 1. The summed E-state index contributed by atoms with van der Waals surface area (Å²) in [7, 11) is 0. The van der Waals surface area contributed by atoms with Gasteiger partial charge in [0.25, 0.3) is 0 Å². The molecule has 2 fully saturated rings. The lowest BCUT2D eigenvalue weighted by Gasteiger charge is -2.34. The molecular formula is C26H33N3O4. The van der Waals surface area contributed by atoms with Gasteiger partial charge in [0, 0.05) is 44.7 Å². The van der Waals surface area contributed by atoms with E-state index in [1.165, 1.54) is 0 Å². The van der Waals surface area contributed by atoms with Crippen LogP contribution in [0.3, 0.4) is 0 Å². The van der Waals surface area contributed by atoms with E-state index in [0.717, 1.165) is 30.2 Å². The minimum absolute atomic E-state index is 0.00159. The fourth-order valence-corrected chi connectivity index (χ4v) is 4.47. The zero-order chi connectivity index (χ0) is 23.0. The van der Waals surface area contributed by atoms with Crippen LogP contribution in [0.25, 0.3) is 6.08 Å². The number of amides is 2. The van der Waals surface area contributed by atoms with Crippen molar-refractivity contribution in [1.29, 1.82) is 0 Å². The van der Waals surface area contributed by atoms with E-state index in [1.54, 1.807) is 6.08 Å². The highest BCUT2D eigenvalue weighted by atomic mass is 16.5. The Kier molecular flexibility index (Phi) is 7.96. The lowest BCUT2D eigenvalue weighted by Crippen LogP contribution is -2.46. The molecule has 2 aliphatic rings. The largest absolute Gasteiger partial charge is 0.465 e. The second kappa shape index (κ2) is 11.3. The number of furan rings is 1. The first-order chi connectivity index (χ1) is 16.1. The molecule has 1 N–H and O–H groups in total. The van der Waals surface area contributed by atoms with Gasteiger partial charge in [-0.1, -0.05) is 30.3 Å². The predicted molar refractivity (Wildman–Crippen MR) is 126 cm³/mol. The van der Waals surface area contributed by atoms with Crippen LogP contribution in [-0.4, -0.2) is 67.6 Å². The van der Waals surface area contributed by atoms with Crippen molar-refractivity contribution in [2.75, 3.05) is 45.9 Å². The van der Waals surface area contributed by atoms with Crippen molar-refractivity contribution in [3.8, 4) is 0 Å². The first-order valence-corrected chi connectivity index (χ1v) is 11.8. The number of nitrogens with one attached hydrogen (secondary N) is 1. The summed E-state index contributed by atoms with van der Waals surface area (Å²) in [4.78, 5) is 29.5. The number of hydrogen-bond donors (Lipinski definition) is 1. The smallest absolute Gasteiger partial charge is 0.246 e. The van der Waals surface area contributed by atoms with Crippen molar-refractivity contribution >= 4 is 17.9 Å². The van der Waals surface area contributed by atoms with Crippen molar-refractivity contribution in [3.63, 3.8) is 0 Å². The van der Waals surface area contributed by atoms with Crippen LogP contribution in [0.5, 0.6) is 0 Å². The number of rotatable bonds is 7. The third-order valence-corrected chi connectivity index (χ3v) is 6.44. The maximum atomic E-state index is 12.9. The topological polar surface area (TPSA) is 75.0 Å². The molecule has 1 aromatic carbocycles. The van der Waals surface area contributed by atoms with Crippen LogP contribution in [0, 0.1) is 12.8 Å². The Labute approximate surface area is 195 Å². The Balaban J connectivity index is 1.27. The molecule has 2 amide bonds. The molecule has 33 heavy (non-hydrogen) atoms.